The van der Waals surface area contributed by atoms with E-state index in [1.165, 1.54) is 24.6 Å². The van der Waals surface area contributed by atoms with Gasteiger partial charge in [0.2, 0.25) is 0 Å². The maximum absolute atomic E-state index is 10.0. The fraction of sp³-hybridized carbons (Fsp3) is 0.444. The summed E-state index contributed by atoms with van der Waals surface area (Å²) in [5.41, 5.74) is 0.897. The zero-order chi connectivity index (χ0) is 13.9. The van der Waals surface area contributed by atoms with Crippen molar-refractivity contribution in [3.63, 3.8) is 0 Å². The summed E-state index contributed by atoms with van der Waals surface area (Å²) in [6.07, 6.45) is 5.87. The molecule has 2 nitrogen and oxygen atoms in total. The number of aliphatic hydroxyl groups excluding tert-OH is 1. The molecule has 0 amide bonds. The lowest BCUT2D eigenvalue weighted by atomic mass is 9.97. The Morgan fingerprint density at radius 1 is 1.05 bits per heavy atom. The Labute approximate surface area is 120 Å². The zero-order valence-electron chi connectivity index (χ0n) is 12.0. The van der Waals surface area contributed by atoms with Gasteiger partial charge in [-0.1, -0.05) is 42.8 Å². The first kappa shape index (κ1) is 13.4. The number of benzene rings is 2. The Bertz CT molecular complexity index is 583. The normalized spacial score (nSPS) is 18.1. The summed E-state index contributed by atoms with van der Waals surface area (Å²) in [4.78, 5) is 0. The second-order valence-electron chi connectivity index (χ2n) is 5.76. The highest BCUT2D eigenvalue weighted by Crippen LogP contribution is 2.36. The third-order valence-electron chi connectivity index (χ3n) is 4.20. The zero-order valence-corrected chi connectivity index (χ0v) is 12.0. The Balaban J connectivity index is 2.02. The van der Waals surface area contributed by atoms with E-state index in [1.54, 1.807) is 6.92 Å². The predicted octanol–water partition coefficient (Wildman–Crippen LogP) is 4.60. The van der Waals surface area contributed by atoms with Crippen LogP contribution in [-0.2, 0) is 0 Å². The van der Waals surface area contributed by atoms with Crippen molar-refractivity contribution in [3.05, 3.63) is 42.0 Å². The minimum atomic E-state index is -0.502. The van der Waals surface area contributed by atoms with Crippen LogP contribution in [0.15, 0.2) is 36.4 Å². The number of ether oxygens (including phenoxy) is 1. The smallest absolute Gasteiger partial charge is 0.133 e. The van der Waals surface area contributed by atoms with E-state index in [0.29, 0.717) is 6.10 Å². The van der Waals surface area contributed by atoms with Crippen LogP contribution in [0.25, 0.3) is 10.8 Å². The average Bonchev–Trinajstić information content (AvgIpc) is 2.48. The number of aliphatic hydroxyl groups is 1. The molecule has 2 aromatic carbocycles. The lowest BCUT2D eigenvalue weighted by Gasteiger charge is -2.26. The van der Waals surface area contributed by atoms with Gasteiger partial charge in [-0.2, -0.15) is 0 Å². The Hall–Kier alpha value is -1.54. The lowest BCUT2D eigenvalue weighted by Crippen LogP contribution is -2.20. The van der Waals surface area contributed by atoms with Crippen LogP contribution in [0.1, 0.15) is 50.7 Å². The Kier molecular flexibility index (Phi) is 3.93. The van der Waals surface area contributed by atoms with Gasteiger partial charge in [-0.25, -0.2) is 0 Å². The highest BCUT2D eigenvalue weighted by Gasteiger charge is 2.19. The molecular formula is C18H22O2. The highest BCUT2D eigenvalue weighted by molar-refractivity contribution is 5.89. The largest absolute Gasteiger partial charge is 0.489 e. The second kappa shape index (κ2) is 5.84. The fourth-order valence-electron chi connectivity index (χ4n) is 3.07. The molecule has 0 spiro atoms. The first-order valence-corrected chi connectivity index (χ1v) is 7.62. The molecule has 0 radical (unpaired) electrons. The third kappa shape index (κ3) is 2.66. The van der Waals surface area contributed by atoms with E-state index in [2.05, 4.69) is 18.2 Å². The van der Waals surface area contributed by atoms with Crippen molar-refractivity contribution in [1.29, 1.82) is 0 Å². The van der Waals surface area contributed by atoms with Gasteiger partial charge >= 0.3 is 0 Å². The average molecular weight is 270 g/mol. The molecule has 1 aliphatic rings. The Morgan fingerprint density at radius 2 is 1.80 bits per heavy atom. The highest BCUT2D eigenvalue weighted by atomic mass is 16.5. The molecule has 0 bridgehead atoms. The summed E-state index contributed by atoms with van der Waals surface area (Å²) >= 11 is 0. The third-order valence-corrected chi connectivity index (χ3v) is 4.20. The molecule has 0 aliphatic heterocycles. The van der Waals surface area contributed by atoms with E-state index in [9.17, 15) is 5.11 Å². The Morgan fingerprint density at radius 3 is 2.55 bits per heavy atom. The molecule has 1 aliphatic carbocycles. The van der Waals surface area contributed by atoms with Crippen LogP contribution in [0.4, 0.5) is 0 Å². The summed E-state index contributed by atoms with van der Waals surface area (Å²) in [5, 5.41) is 12.3. The van der Waals surface area contributed by atoms with E-state index in [-0.39, 0.29) is 0 Å². The molecule has 3 rings (SSSR count). The topological polar surface area (TPSA) is 29.5 Å². The molecule has 2 aromatic rings. The lowest BCUT2D eigenvalue weighted by molar-refractivity contribution is 0.144. The molecule has 0 unspecified atom stereocenters. The van der Waals surface area contributed by atoms with Gasteiger partial charge < -0.3 is 9.84 Å². The van der Waals surface area contributed by atoms with Crippen molar-refractivity contribution in [2.75, 3.05) is 0 Å². The van der Waals surface area contributed by atoms with Crippen molar-refractivity contribution in [2.45, 2.75) is 51.2 Å². The van der Waals surface area contributed by atoms with Crippen LogP contribution in [0.2, 0.25) is 0 Å². The van der Waals surface area contributed by atoms with E-state index < -0.39 is 6.10 Å². The van der Waals surface area contributed by atoms with Crippen LogP contribution in [0.5, 0.6) is 5.75 Å². The summed E-state index contributed by atoms with van der Waals surface area (Å²) in [6, 6.07) is 12.3. The summed E-state index contributed by atoms with van der Waals surface area (Å²) in [7, 11) is 0. The van der Waals surface area contributed by atoms with Crippen molar-refractivity contribution in [1.82, 2.24) is 0 Å². The number of rotatable bonds is 3. The number of fused-ring (bicyclic) bond motifs is 1. The molecule has 20 heavy (non-hydrogen) atoms. The maximum atomic E-state index is 10.0. The quantitative estimate of drug-likeness (QED) is 0.883. The monoisotopic (exact) mass is 270 g/mol. The van der Waals surface area contributed by atoms with Gasteiger partial charge in [-0.15, -0.1) is 0 Å². The summed E-state index contributed by atoms with van der Waals surface area (Å²) in [6.45, 7) is 1.80. The molecule has 106 valence electrons. The van der Waals surface area contributed by atoms with Gasteiger partial charge in [0, 0.05) is 10.9 Å². The van der Waals surface area contributed by atoms with E-state index in [1.807, 2.05) is 18.2 Å². The number of hydrogen-bond acceptors (Lipinski definition) is 2. The van der Waals surface area contributed by atoms with Crippen LogP contribution in [0.3, 0.4) is 0 Å². The van der Waals surface area contributed by atoms with E-state index in [0.717, 1.165) is 29.5 Å². The van der Waals surface area contributed by atoms with Gasteiger partial charge in [-0.05, 0) is 38.0 Å². The van der Waals surface area contributed by atoms with Crippen molar-refractivity contribution < 1.29 is 9.84 Å². The summed E-state index contributed by atoms with van der Waals surface area (Å²) < 4.78 is 6.30. The minimum absolute atomic E-state index is 0.298. The maximum Gasteiger partial charge on any atom is 0.133 e. The molecule has 1 fully saturated rings. The van der Waals surface area contributed by atoms with Crippen molar-refractivity contribution in [3.8, 4) is 5.75 Å². The van der Waals surface area contributed by atoms with E-state index >= 15 is 0 Å². The van der Waals surface area contributed by atoms with E-state index in [4.69, 9.17) is 4.74 Å². The van der Waals surface area contributed by atoms with Gasteiger partial charge in [0.1, 0.15) is 5.75 Å². The molecule has 0 heterocycles. The SMILES string of the molecule is C[C@H](O)c1ccc2ccccc2c1OC1CCCCC1. The molecule has 1 saturated carbocycles. The van der Waals surface area contributed by atoms with Crippen molar-refractivity contribution in [2.24, 2.45) is 0 Å². The molecule has 0 saturated heterocycles. The predicted molar refractivity (Wildman–Crippen MR) is 82.1 cm³/mol. The van der Waals surface area contributed by atoms with Gasteiger partial charge in [-0.3, -0.25) is 0 Å². The van der Waals surface area contributed by atoms with Crippen LogP contribution in [0, 0.1) is 0 Å². The van der Waals surface area contributed by atoms with Crippen LogP contribution in [-0.4, -0.2) is 11.2 Å². The molecule has 1 N–H and O–H groups in total. The molecule has 0 aromatic heterocycles. The second-order valence-corrected chi connectivity index (χ2v) is 5.76. The molecular weight excluding hydrogens is 248 g/mol. The van der Waals surface area contributed by atoms with Crippen LogP contribution >= 0.6 is 0 Å². The van der Waals surface area contributed by atoms with Crippen LogP contribution < -0.4 is 4.74 Å². The first-order valence-electron chi connectivity index (χ1n) is 7.62. The van der Waals surface area contributed by atoms with Crippen molar-refractivity contribution >= 4 is 10.8 Å². The first-order chi connectivity index (χ1) is 9.75. The number of hydrogen-bond donors (Lipinski definition) is 1. The fourth-order valence-corrected chi connectivity index (χ4v) is 3.07. The molecule has 1 atom stereocenters. The van der Waals surface area contributed by atoms with Gasteiger partial charge in [0.05, 0.1) is 12.2 Å². The minimum Gasteiger partial charge on any atom is -0.489 e. The van der Waals surface area contributed by atoms with Gasteiger partial charge in [0.15, 0.2) is 0 Å². The standard InChI is InChI=1S/C18H22O2/c1-13(19)16-12-11-14-7-5-6-10-17(14)18(16)20-15-8-3-2-4-9-15/h5-7,10-13,15,19H,2-4,8-9H2,1H3/t13-/m0/s1. The van der Waals surface area contributed by atoms with Gasteiger partial charge in [0.25, 0.3) is 0 Å². The summed E-state index contributed by atoms with van der Waals surface area (Å²) in [5.74, 6) is 0.880. The molecule has 2 heteroatoms.